The van der Waals surface area contributed by atoms with Crippen LogP contribution >= 0.6 is 11.6 Å². The number of hydrogen-bond acceptors (Lipinski definition) is 2. The lowest BCUT2D eigenvalue weighted by Crippen LogP contribution is -2.35. The Morgan fingerprint density at radius 3 is 3.00 bits per heavy atom. The topological polar surface area (TPSA) is 12.5 Å². The van der Waals surface area contributed by atoms with Crippen LogP contribution in [0.4, 0.5) is 4.39 Å². The molecule has 0 radical (unpaired) electrons. The minimum atomic E-state index is -0.291. The van der Waals surface area contributed by atoms with Crippen LogP contribution in [0.5, 0.6) is 5.75 Å². The fourth-order valence-electron chi connectivity index (χ4n) is 2.49. The van der Waals surface area contributed by atoms with E-state index >= 15 is 0 Å². The van der Waals surface area contributed by atoms with E-state index in [-0.39, 0.29) is 5.82 Å². The zero-order valence-corrected chi connectivity index (χ0v) is 11.4. The molecule has 100 valence electrons. The van der Waals surface area contributed by atoms with Crippen LogP contribution in [0.2, 0.25) is 0 Å². The van der Waals surface area contributed by atoms with Crippen LogP contribution < -0.4 is 4.74 Å². The van der Waals surface area contributed by atoms with E-state index in [2.05, 4.69) is 4.90 Å². The summed E-state index contributed by atoms with van der Waals surface area (Å²) in [6, 6.07) is 5.17. The third-order valence-electron chi connectivity index (χ3n) is 3.44. The first kappa shape index (κ1) is 13.6. The van der Waals surface area contributed by atoms with Gasteiger partial charge in [0.05, 0.1) is 7.11 Å². The van der Waals surface area contributed by atoms with E-state index in [0.29, 0.717) is 17.5 Å². The monoisotopic (exact) mass is 271 g/mol. The Hall–Kier alpha value is -0.800. The van der Waals surface area contributed by atoms with Crippen molar-refractivity contribution < 1.29 is 9.13 Å². The maximum absolute atomic E-state index is 13.6. The molecule has 0 amide bonds. The molecule has 1 heterocycles. The smallest absolute Gasteiger partial charge is 0.165 e. The Morgan fingerprint density at radius 1 is 1.50 bits per heavy atom. The molecule has 0 saturated carbocycles. The Kier molecular flexibility index (Phi) is 4.84. The molecule has 2 nitrogen and oxygen atoms in total. The normalized spacial score (nSPS) is 20.9. The zero-order chi connectivity index (χ0) is 13.0. The van der Waals surface area contributed by atoms with Gasteiger partial charge in [-0.05, 0) is 43.0 Å². The molecule has 1 aliphatic heterocycles. The van der Waals surface area contributed by atoms with Crippen LogP contribution in [0, 0.1) is 11.7 Å². The van der Waals surface area contributed by atoms with Crippen LogP contribution in [0.1, 0.15) is 18.4 Å². The van der Waals surface area contributed by atoms with Crippen molar-refractivity contribution >= 4 is 11.6 Å². The van der Waals surface area contributed by atoms with Crippen molar-refractivity contribution in [3.63, 3.8) is 0 Å². The highest BCUT2D eigenvalue weighted by Crippen LogP contribution is 2.22. The van der Waals surface area contributed by atoms with Gasteiger partial charge in [-0.2, -0.15) is 0 Å². The number of ether oxygens (including phenoxy) is 1. The minimum absolute atomic E-state index is 0.291. The molecule has 0 aromatic heterocycles. The molecule has 1 aromatic rings. The average molecular weight is 272 g/mol. The molecular weight excluding hydrogens is 253 g/mol. The summed E-state index contributed by atoms with van der Waals surface area (Å²) in [6.07, 6.45) is 2.38. The quantitative estimate of drug-likeness (QED) is 0.779. The van der Waals surface area contributed by atoms with Crippen LogP contribution in [0.3, 0.4) is 0 Å². The molecule has 0 N–H and O–H groups in total. The molecule has 1 aliphatic rings. The third kappa shape index (κ3) is 3.36. The van der Waals surface area contributed by atoms with Crippen molar-refractivity contribution in [2.24, 2.45) is 5.92 Å². The van der Waals surface area contributed by atoms with Crippen LogP contribution in [0.15, 0.2) is 18.2 Å². The van der Waals surface area contributed by atoms with Crippen molar-refractivity contribution in [3.8, 4) is 5.75 Å². The first-order chi connectivity index (χ1) is 8.72. The summed E-state index contributed by atoms with van der Waals surface area (Å²) in [7, 11) is 1.48. The molecule has 1 unspecified atom stereocenters. The van der Waals surface area contributed by atoms with Gasteiger partial charge in [-0.1, -0.05) is 6.07 Å². The number of nitrogens with zero attached hydrogens (tertiary/aromatic N) is 1. The van der Waals surface area contributed by atoms with Crippen molar-refractivity contribution in [1.29, 1.82) is 0 Å². The van der Waals surface area contributed by atoms with Gasteiger partial charge in [0.15, 0.2) is 11.6 Å². The van der Waals surface area contributed by atoms with Gasteiger partial charge in [-0.3, -0.25) is 4.90 Å². The maximum atomic E-state index is 13.6. The molecule has 1 aromatic carbocycles. The molecule has 1 fully saturated rings. The Labute approximate surface area is 113 Å². The largest absolute Gasteiger partial charge is 0.494 e. The summed E-state index contributed by atoms with van der Waals surface area (Å²) in [5, 5.41) is 0. The number of halogens is 2. The first-order valence-electron chi connectivity index (χ1n) is 6.33. The summed E-state index contributed by atoms with van der Waals surface area (Å²) in [4.78, 5) is 2.35. The number of piperidine rings is 1. The Bertz CT molecular complexity index is 399. The predicted molar refractivity (Wildman–Crippen MR) is 71.7 cm³/mol. The number of methoxy groups -OCH3 is 1. The van der Waals surface area contributed by atoms with Gasteiger partial charge in [0.25, 0.3) is 0 Å². The summed E-state index contributed by atoms with van der Waals surface area (Å²) >= 11 is 5.91. The zero-order valence-electron chi connectivity index (χ0n) is 10.7. The van der Waals surface area contributed by atoms with Gasteiger partial charge < -0.3 is 4.74 Å². The standard InChI is InChI=1S/C14H19ClFNO/c1-18-14-5-4-11(7-13(14)16)9-17-6-2-3-12(8-15)10-17/h4-5,7,12H,2-3,6,8-10H2,1H3. The molecule has 1 saturated heterocycles. The van der Waals surface area contributed by atoms with E-state index < -0.39 is 0 Å². The molecule has 2 rings (SSSR count). The van der Waals surface area contributed by atoms with Gasteiger partial charge in [0, 0.05) is 19.0 Å². The molecule has 0 bridgehead atoms. The minimum Gasteiger partial charge on any atom is -0.494 e. The van der Waals surface area contributed by atoms with Gasteiger partial charge in [0.1, 0.15) is 0 Å². The highest BCUT2D eigenvalue weighted by molar-refractivity contribution is 6.18. The van der Waals surface area contributed by atoms with Gasteiger partial charge >= 0.3 is 0 Å². The summed E-state index contributed by atoms with van der Waals surface area (Å²) < 4.78 is 18.5. The second kappa shape index (κ2) is 6.39. The van der Waals surface area contributed by atoms with E-state index in [1.165, 1.54) is 20.0 Å². The van der Waals surface area contributed by atoms with Crippen molar-refractivity contribution in [1.82, 2.24) is 4.90 Å². The number of likely N-dealkylation sites (tertiary alicyclic amines) is 1. The van der Waals surface area contributed by atoms with E-state index in [9.17, 15) is 4.39 Å². The highest BCUT2D eigenvalue weighted by Gasteiger charge is 2.19. The van der Waals surface area contributed by atoms with Gasteiger partial charge in [-0.15, -0.1) is 11.6 Å². The lowest BCUT2D eigenvalue weighted by molar-refractivity contribution is 0.178. The Balaban J connectivity index is 1.98. The van der Waals surface area contributed by atoms with Crippen LogP contribution in [-0.4, -0.2) is 31.0 Å². The van der Waals surface area contributed by atoms with E-state index in [1.54, 1.807) is 12.1 Å². The molecular formula is C14H19ClFNO. The number of rotatable bonds is 4. The molecule has 4 heteroatoms. The van der Waals surface area contributed by atoms with Crippen LogP contribution in [-0.2, 0) is 6.54 Å². The predicted octanol–water partition coefficient (Wildman–Crippen LogP) is 3.29. The van der Waals surface area contributed by atoms with Crippen molar-refractivity contribution in [2.75, 3.05) is 26.1 Å². The second-order valence-corrected chi connectivity index (χ2v) is 5.18. The number of hydrogen-bond donors (Lipinski definition) is 0. The summed E-state index contributed by atoms with van der Waals surface area (Å²) in [6.45, 7) is 2.87. The molecule has 18 heavy (non-hydrogen) atoms. The summed E-state index contributed by atoms with van der Waals surface area (Å²) in [5.74, 6) is 1.30. The molecule has 0 spiro atoms. The number of benzene rings is 1. The van der Waals surface area contributed by atoms with Crippen molar-refractivity contribution in [2.45, 2.75) is 19.4 Å². The average Bonchev–Trinajstić information content (AvgIpc) is 2.39. The van der Waals surface area contributed by atoms with E-state index in [1.807, 2.05) is 6.07 Å². The fraction of sp³-hybridized carbons (Fsp3) is 0.571. The molecule has 1 atom stereocenters. The van der Waals surface area contributed by atoms with Crippen LogP contribution in [0.25, 0.3) is 0 Å². The third-order valence-corrected chi connectivity index (χ3v) is 3.88. The fourth-order valence-corrected chi connectivity index (χ4v) is 2.74. The Morgan fingerprint density at radius 2 is 2.33 bits per heavy atom. The first-order valence-corrected chi connectivity index (χ1v) is 6.87. The highest BCUT2D eigenvalue weighted by atomic mass is 35.5. The molecule has 0 aliphatic carbocycles. The van der Waals surface area contributed by atoms with E-state index in [0.717, 1.165) is 25.2 Å². The lowest BCUT2D eigenvalue weighted by atomic mass is 9.99. The van der Waals surface area contributed by atoms with Gasteiger partial charge in [-0.25, -0.2) is 4.39 Å². The van der Waals surface area contributed by atoms with Crippen molar-refractivity contribution in [3.05, 3.63) is 29.6 Å². The second-order valence-electron chi connectivity index (χ2n) is 4.87. The SMILES string of the molecule is COc1ccc(CN2CCCC(CCl)C2)cc1F. The summed E-state index contributed by atoms with van der Waals surface area (Å²) in [5.41, 5.74) is 0.989. The lowest BCUT2D eigenvalue weighted by Gasteiger charge is -2.31. The van der Waals surface area contributed by atoms with E-state index in [4.69, 9.17) is 16.3 Å². The number of alkyl halides is 1. The van der Waals surface area contributed by atoms with Gasteiger partial charge in [0.2, 0.25) is 0 Å². The maximum Gasteiger partial charge on any atom is 0.165 e.